The number of hydrogen-bond acceptors (Lipinski definition) is 9. The van der Waals surface area contributed by atoms with Crippen LogP contribution >= 0.6 is 25.3 Å². The molecule has 4 unspecified atom stereocenters. The molecule has 0 bridgehead atoms. The average molecular weight is 502 g/mol. The fraction of sp³-hybridized carbons (Fsp3) is 0.421. The molecule has 0 aliphatic rings. The lowest BCUT2D eigenvalue weighted by Gasteiger charge is -2.24. The number of amides is 4. The van der Waals surface area contributed by atoms with Crippen LogP contribution in [0.2, 0.25) is 0 Å². The third-order valence-corrected chi connectivity index (χ3v) is 5.14. The minimum Gasteiger partial charge on any atom is -0.508 e. The van der Waals surface area contributed by atoms with Crippen LogP contribution in [0.3, 0.4) is 0 Å². The Morgan fingerprint density at radius 2 is 1.36 bits per heavy atom. The summed E-state index contributed by atoms with van der Waals surface area (Å²) in [6, 6.07) is 0.724. The Balaban J connectivity index is 3.07. The van der Waals surface area contributed by atoms with Gasteiger partial charge in [0.2, 0.25) is 23.6 Å². The quantitative estimate of drug-likeness (QED) is 0.132. The van der Waals surface area contributed by atoms with Gasteiger partial charge in [-0.2, -0.15) is 25.3 Å². The lowest BCUT2D eigenvalue weighted by molar-refractivity contribution is -0.143. The minimum absolute atomic E-state index is 0.0189. The van der Waals surface area contributed by atoms with Crippen LogP contribution in [0.5, 0.6) is 5.75 Å². The minimum atomic E-state index is -1.61. The van der Waals surface area contributed by atoms with Crippen molar-refractivity contribution in [3.8, 4) is 5.75 Å². The number of aliphatic carboxylic acids is 1. The van der Waals surface area contributed by atoms with E-state index in [9.17, 15) is 34.2 Å². The summed E-state index contributed by atoms with van der Waals surface area (Å²) >= 11 is 7.96. The summed E-state index contributed by atoms with van der Waals surface area (Å²) in [5, 5.41) is 25.7. The molecule has 14 heteroatoms. The number of thiol groups is 2. The summed E-state index contributed by atoms with van der Waals surface area (Å²) in [7, 11) is 0. The van der Waals surface area contributed by atoms with Crippen LogP contribution < -0.4 is 27.4 Å². The molecule has 0 aliphatic heterocycles. The molecule has 12 nitrogen and oxygen atoms in total. The number of hydrogen-bond donors (Lipinski definition) is 9. The zero-order chi connectivity index (χ0) is 25.1. The Morgan fingerprint density at radius 1 is 0.848 bits per heavy atom. The van der Waals surface area contributed by atoms with Crippen molar-refractivity contribution in [1.29, 1.82) is 0 Å². The number of carbonyl (C=O) groups is 5. The molecule has 0 radical (unpaired) electrons. The van der Waals surface area contributed by atoms with Crippen molar-refractivity contribution < 1.29 is 34.2 Å². The molecule has 1 aromatic rings. The van der Waals surface area contributed by atoms with E-state index in [1.54, 1.807) is 0 Å². The van der Waals surface area contributed by atoms with Gasteiger partial charge in [-0.15, -0.1) is 0 Å². The molecule has 33 heavy (non-hydrogen) atoms. The maximum Gasteiger partial charge on any atom is 0.326 e. The van der Waals surface area contributed by atoms with E-state index in [-0.39, 0.29) is 23.7 Å². The van der Waals surface area contributed by atoms with Gasteiger partial charge in [-0.25, -0.2) is 4.79 Å². The zero-order valence-electron chi connectivity index (χ0n) is 17.4. The van der Waals surface area contributed by atoms with Gasteiger partial charge in [0.05, 0.1) is 12.5 Å². The highest BCUT2D eigenvalue weighted by molar-refractivity contribution is 7.80. The van der Waals surface area contributed by atoms with Gasteiger partial charge in [-0.1, -0.05) is 12.1 Å². The van der Waals surface area contributed by atoms with Gasteiger partial charge in [0.15, 0.2) is 0 Å². The van der Waals surface area contributed by atoms with Crippen LogP contribution in [0.4, 0.5) is 0 Å². The molecule has 0 aromatic heterocycles. The van der Waals surface area contributed by atoms with E-state index in [0.29, 0.717) is 5.56 Å². The van der Waals surface area contributed by atoms with Crippen LogP contribution in [-0.2, 0) is 30.4 Å². The Morgan fingerprint density at radius 3 is 1.85 bits per heavy atom. The number of primary amides is 1. The fourth-order valence-corrected chi connectivity index (χ4v) is 3.00. The monoisotopic (exact) mass is 501 g/mol. The molecule has 0 aliphatic carbocycles. The van der Waals surface area contributed by atoms with Crippen molar-refractivity contribution in [3.05, 3.63) is 29.8 Å². The molecular weight excluding hydrogens is 474 g/mol. The van der Waals surface area contributed by atoms with Crippen molar-refractivity contribution >= 4 is 54.9 Å². The predicted molar refractivity (Wildman–Crippen MR) is 125 cm³/mol. The van der Waals surface area contributed by atoms with Crippen LogP contribution in [0.15, 0.2) is 24.3 Å². The number of benzene rings is 1. The first-order valence-corrected chi connectivity index (χ1v) is 10.9. The van der Waals surface area contributed by atoms with Gasteiger partial charge in [-0.05, 0) is 17.7 Å². The second-order valence-corrected chi connectivity index (χ2v) is 7.76. The number of phenolic OH excluding ortho intramolecular Hbond substituents is 1. The Kier molecular flexibility index (Phi) is 11.5. The number of phenols is 1. The zero-order valence-corrected chi connectivity index (χ0v) is 19.2. The number of carbonyl (C=O) groups excluding carboxylic acids is 4. The summed E-state index contributed by atoms with van der Waals surface area (Å²) < 4.78 is 0. The number of aromatic hydroxyl groups is 1. The van der Waals surface area contributed by atoms with E-state index in [0.717, 1.165) is 0 Å². The Labute approximate surface area is 200 Å². The van der Waals surface area contributed by atoms with E-state index in [2.05, 4.69) is 41.2 Å². The SMILES string of the molecule is NC(=O)CC(NC(=O)C(Cc1ccc(O)cc1)NC(=O)C(CS)NC(=O)C(N)CS)C(=O)O. The van der Waals surface area contributed by atoms with E-state index in [1.165, 1.54) is 24.3 Å². The smallest absolute Gasteiger partial charge is 0.326 e. The van der Waals surface area contributed by atoms with Crippen LogP contribution in [0.25, 0.3) is 0 Å². The van der Waals surface area contributed by atoms with Crippen molar-refractivity contribution in [1.82, 2.24) is 16.0 Å². The molecule has 0 fully saturated rings. The molecule has 0 spiro atoms. The van der Waals surface area contributed by atoms with Crippen molar-refractivity contribution in [2.75, 3.05) is 11.5 Å². The maximum absolute atomic E-state index is 12.8. The van der Waals surface area contributed by atoms with Gasteiger partial charge in [0.1, 0.15) is 23.9 Å². The third-order valence-electron chi connectivity index (χ3n) is 4.38. The summed E-state index contributed by atoms with van der Waals surface area (Å²) in [6.45, 7) is 0. The van der Waals surface area contributed by atoms with Crippen LogP contribution in [0.1, 0.15) is 12.0 Å². The summed E-state index contributed by atoms with van der Waals surface area (Å²) in [5.41, 5.74) is 11.1. The van der Waals surface area contributed by atoms with Gasteiger partial charge >= 0.3 is 5.97 Å². The normalized spacial score (nSPS) is 14.3. The number of carboxylic acids is 1. The molecular formula is C19H27N5O7S2. The number of carboxylic acid groups (broad SMARTS) is 1. The number of rotatable bonds is 13. The summed E-state index contributed by atoms with van der Waals surface area (Å²) in [5.74, 6) is -4.86. The van der Waals surface area contributed by atoms with E-state index < -0.39 is 60.2 Å². The summed E-state index contributed by atoms with van der Waals surface area (Å²) in [4.78, 5) is 60.0. The highest BCUT2D eigenvalue weighted by Crippen LogP contribution is 2.12. The second kappa shape index (κ2) is 13.5. The Bertz CT molecular complexity index is 869. The van der Waals surface area contributed by atoms with Crippen molar-refractivity contribution in [3.63, 3.8) is 0 Å². The number of nitrogens with one attached hydrogen (secondary N) is 3. The highest BCUT2D eigenvalue weighted by Gasteiger charge is 2.30. The first-order chi connectivity index (χ1) is 15.5. The summed E-state index contributed by atoms with van der Waals surface area (Å²) in [6.07, 6.45) is -0.748. The molecule has 1 rings (SSSR count). The average Bonchev–Trinajstić information content (AvgIpc) is 2.76. The van der Waals surface area contributed by atoms with Gasteiger partial charge in [0.25, 0.3) is 0 Å². The largest absolute Gasteiger partial charge is 0.508 e. The molecule has 9 N–H and O–H groups in total. The molecule has 0 saturated heterocycles. The molecule has 4 amide bonds. The first-order valence-electron chi connectivity index (χ1n) is 9.65. The third kappa shape index (κ3) is 9.59. The van der Waals surface area contributed by atoms with Crippen LogP contribution in [0, 0.1) is 0 Å². The molecule has 1 aromatic carbocycles. The van der Waals surface area contributed by atoms with E-state index in [4.69, 9.17) is 11.5 Å². The molecule has 0 saturated carbocycles. The fourth-order valence-electron chi connectivity index (χ4n) is 2.58. The second-order valence-electron chi connectivity index (χ2n) is 7.03. The standard InChI is InChI=1S/C19H27N5O7S2/c20-11(7-32)16(27)24-14(8-33)18(29)22-12(5-9-1-3-10(25)4-2-9)17(28)23-13(19(30)31)6-15(21)26/h1-4,11-14,25,32-33H,5-8,20H2,(H2,21,26)(H,22,29)(H,23,28)(H,24,27)(H,30,31). The maximum atomic E-state index is 12.8. The lowest BCUT2D eigenvalue weighted by Crippen LogP contribution is -2.58. The molecule has 4 atom stereocenters. The molecule has 182 valence electrons. The van der Waals surface area contributed by atoms with Crippen LogP contribution in [-0.4, -0.2) is 75.5 Å². The van der Waals surface area contributed by atoms with Crippen molar-refractivity contribution in [2.45, 2.75) is 37.0 Å². The Hall–Kier alpha value is -2.97. The molecule has 0 heterocycles. The topological polar surface area (TPSA) is 214 Å². The lowest BCUT2D eigenvalue weighted by atomic mass is 10.0. The number of nitrogens with two attached hydrogens (primary N) is 2. The van der Waals surface area contributed by atoms with Gasteiger partial charge in [-0.3, -0.25) is 19.2 Å². The van der Waals surface area contributed by atoms with E-state index in [1.807, 2.05) is 0 Å². The first kappa shape index (κ1) is 28.1. The van der Waals surface area contributed by atoms with Gasteiger partial charge in [0, 0.05) is 17.9 Å². The highest BCUT2D eigenvalue weighted by atomic mass is 32.1. The van der Waals surface area contributed by atoms with Gasteiger partial charge < -0.3 is 37.6 Å². The van der Waals surface area contributed by atoms with E-state index >= 15 is 0 Å². The van der Waals surface area contributed by atoms with Crippen molar-refractivity contribution in [2.24, 2.45) is 11.5 Å². The predicted octanol–water partition coefficient (Wildman–Crippen LogP) is -2.46.